The highest BCUT2D eigenvalue weighted by atomic mass is 16.5. The molecule has 1 aliphatic heterocycles. The third-order valence-corrected chi connectivity index (χ3v) is 3.46. The molecule has 1 fully saturated rings. The van der Waals surface area contributed by atoms with Gasteiger partial charge in [0.25, 0.3) is 0 Å². The molecule has 1 aromatic rings. The van der Waals surface area contributed by atoms with Crippen molar-refractivity contribution in [2.75, 3.05) is 20.3 Å². The highest BCUT2D eigenvalue weighted by Gasteiger charge is 2.24. The average Bonchev–Trinajstić information content (AvgIpc) is 2.33. The molecule has 0 amide bonds. The first kappa shape index (κ1) is 11.6. The molecule has 0 aromatic heterocycles. The molecular formula is C14H21NO. The van der Waals surface area contributed by atoms with Crippen molar-refractivity contribution < 1.29 is 4.74 Å². The van der Waals surface area contributed by atoms with Gasteiger partial charge in [0.1, 0.15) is 0 Å². The maximum atomic E-state index is 5.57. The highest BCUT2D eigenvalue weighted by Crippen LogP contribution is 2.19. The molecule has 2 rings (SSSR count). The van der Waals surface area contributed by atoms with Crippen LogP contribution in [0.5, 0.6) is 0 Å². The van der Waals surface area contributed by atoms with Gasteiger partial charge in [-0.1, -0.05) is 29.8 Å². The van der Waals surface area contributed by atoms with Crippen molar-refractivity contribution in [3.05, 3.63) is 35.4 Å². The topological polar surface area (TPSA) is 21.3 Å². The number of ether oxygens (including phenoxy) is 1. The van der Waals surface area contributed by atoms with Crippen LogP contribution in [-0.2, 0) is 11.2 Å². The van der Waals surface area contributed by atoms with Crippen molar-refractivity contribution in [3.63, 3.8) is 0 Å². The molecule has 0 saturated carbocycles. The summed E-state index contributed by atoms with van der Waals surface area (Å²) >= 11 is 0. The molecule has 2 heteroatoms. The molecule has 1 N–H and O–H groups in total. The Labute approximate surface area is 98.0 Å². The van der Waals surface area contributed by atoms with E-state index in [9.17, 15) is 0 Å². The molecule has 0 bridgehead atoms. The predicted octanol–water partition coefficient (Wildman–Crippen LogP) is 2.16. The number of hydrogen-bond acceptors (Lipinski definition) is 2. The second-order valence-corrected chi connectivity index (χ2v) is 4.71. The van der Waals surface area contributed by atoms with Gasteiger partial charge in [-0.25, -0.2) is 0 Å². The quantitative estimate of drug-likeness (QED) is 0.841. The van der Waals surface area contributed by atoms with Gasteiger partial charge >= 0.3 is 0 Å². The zero-order chi connectivity index (χ0) is 11.4. The zero-order valence-corrected chi connectivity index (χ0v) is 10.2. The Morgan fingerprint density at radius 3 is 2.75 bits per heavy atom. The first-order valence-electron chi connectivity index (χ1n) is 6.10. The van der Waals surface area contributed by atoms with Crippen molar-refractivity contribution in [2.24, 2.45) is 5.92 Å². The van der Waals surface area contributed by atoms with Gasteiger partial charge in [0.15, 0.2) is 0 Å². The zero-order valence-electron chi connectivity index (χ0n) is 10.2. The smallest absolute Gasteiger partial charge is 0.0512 e. The van der Waals surface area contributed by atoms with Crippen molar-refractivity contribution >= 4 is 0 Å². The fourth-order valence-corrected chi connectivity index (χ4v) is 2.40. The third-order valence-electron chi connectivity index (χ3n) is 3.46. The molecule has 1 aromatic carbocycles. The second-order valence-electron chi connectivity index (χ2n) is 4.71. The maximum Gasteiger partial charge on any atom is 0.0512 e. The molecule has 16 heavy (non-hydrogen) atoms. The molecule has 1 aliphatic rings. The van der Waals surface area contributed by atoms with Crippen LogP contribution in [0.4, 0.5) is 0 Å². The minimum absolute atomic E-state index is 0.607. The molecule has 2 atom stereocenters. The maximum absolute atomic E-state index is 5.57. The van der Waals surface area contributed by atoms with Gasteiger partial charge < -0.3 is 10.1 Å². The lowest BCUT2D eigenvalue weighted by Crippen LogP contribution is -2.41. The first-order valence-corrected chi connectivity index (χ1v) is 6.10. The number of hydrogen-bond donors (Lipinski definition) is 1. The van der Waals surface area contributed by atoms with Crippen LogP contribution in [0.15, 0.2) is 24.3 Å². The lowest BCUT2D eigenvalue weighted by molar-refractivity contribution is 0.0342. The van der Waals surface area contributed by atoms with Crippen LogP contribution in [-0.4, -0.2) is 26.3 Å². The van der Waals surface area contributed by atoms with Crippen molar-refractivity contribution in [2.45, 2.75) is 25.8 Å². The molecule has 1 saturated heterocycles. The minimum atomic E-state index is 0.607. The van der Waals surface area contributed by atoms with Gasteiger partial charge in [-0.15, -0.1) is 0 Å². The summed E-state index contributed by atoms with van der Waals surface area (Å²) < 4.78 is 5.57. The summed E-state index contributed by atoms with van der Waals surface area (Å²) in [6.07, 6.45) is 2.25. The van der Waals surface area contributed by atoms with Crippen LogP contribution in [0.1, 0.15) is 17.5 Å². The van der Waals surface area contributed by atoms with Crippen molar-refractivity contribution in [1.82, 2.24) is 5.32 Å². The summed E-state index contributed by atoms with van der Waals surface area (Å²) in [4.78, 5) is 0. The number of aryl methyl sites for hydroxylation is 1. The van der Waals surface area contributed by atoms with Crippen LogP contribution < -0.4 is 5.32 Å². The molecule has 0 aliphatic carbocycles. The Kier molecular flexibility index (Phi) is 3.97. The summed E-state index contributed by atoms with van der Waals surface area (Å²) in [5, 5.41) is 3.41. The fourth-order valence-electron chi connectivity index (χ4n) is 2.40. The van der Waals surface area contributed by atoms with Crippen molar-refractivity contribution in [3.8, 4) is 0 Å². The number of benzene rings is 1. The number of nitrogens with one attached hydrogen (secondary N) is 1. The summed E-state index contributed by atoms with van der Waals surface area (Å²) in [5.41, 5.74) is 2.75. The van der Waals surface area contributed by atoms with Crippen LogP contribution in [0.25, 0.3) is 0 Å². The highest BCUT2D eigenvalue weighted by molar-refractivity contribution is 5.22. The molecule has 88 valence electrons. The van der Waals surface area contributed by atoms with Gasteiger partial charge in [0, 0.05) is 18.6 Å². The van der Waals surface area contributed by atoms with Gasteiger partial charge in [0.2, 0.25) is 0 Å². The fraction of sp³-hybridized carbons (Fsp3) is 0.571. The monoisotopic (exact) mass is 219 g/mol. The van der Waals surface area contributed by atoms with Gasteiger partial charge in [-0.2, -0.15) is 0 Å². The Bertz CT molecular complexity index is 320. The lowest BCUT2D eigenvalue weighted by Gasteiger charge is -2.31. The van der Waals surface area contributed by atoms with E-state index in [4.69, 9.17) is 4.74 Å². The lowest BCUT2D eigenvalue weighted by atomic mass is 9.89. The van der Waals surface area contributed by atoms with Gasteiger partial charge in [0.05, 0.1) is 6.61 Å². The summed E-state index contributed by atoms with van der Waals surface area (Å²) in [6, 6.07) is 9.45. The van der Waals surface area contributed by atoms with Crippen LogP contribution in [0.2, 0.25) is 0 Å². The standard InChI is InChI=1S/C14H21NO/c1-11-3-5-12(6-4-11)9-13-10-16-8-7-14(13)15-2/h3-6,13-15H,7-10H2,1-2H3/t13-,14+/m1/s1. The minimum Gasteiger partial charge on any atom is -0.381 e. The summed E-state index contributed by atoms with van der Waals surface area (Å²) in [6.45, 7) is 3.92. The summed E-state index contributed by atoms with van der Waals surface area (Å²) in [5.74, 6) is 0.612. The normalized spacial score (nSPS) is 25.6. The van der Waals surface area contributed by atoms with Crippen LogP contribution in [0, 0.1) is 12.8 Å². The second kappa shape index (κ2) is 5.46. The van der Waals surface area contributed by atoms with E-state index in [0.29, 0.717) is 12.0 Å². The number of rotatable bonds is 3. The molecule has 0 spiro atoms. The van der Waals surface area contributed by atoms with E-state index >= 15 is 0 Å². The van der Waals surface area contributed by atoms with E-state index in [1.807, 2.05) is 0 Å². The molecule has 0 unspecified atom stereocenters. The Hall–Kier alpha value is -0.860. The van der Waals surface area contributed by atoms with E-state index in [1.165, 1.54) is 11.1 Å². The van der Waals surface area contributed by atoms with Gasteiger partial charge in [-0.3, -0.25) is 0 Å². The predicted molar refractivity (Wildman–Crippen MR) is 66.7 cm³/mol. The molecular weight excluding hydrogens is 198 g/mol. The summed E-state index contributed by atoms with van der Waals surface area (Å²) in [7, 11) is 2.05. The van der Waals surface area contributed by atoms with Crippen LogP contribution >= 0.6 is 0 Å². The SMILES string of the molecule is CN[C@H]1CCOC[C@H]1Cc1ccc(C)cc1. The molecule has 0 radical (unpaired) electrons. The van der Waals surface area contributed by atoms with E-state index in [-0.39, 0.29) is 0 Å². The molecule has 1 heterocycles. The largest absolute Gasteiger partial charge is 0.381 e. The van der Waals surface area contributed by atoms with E-state index < -0.39 is 0 Å². The van der Waals surface area contributed by atoms with Gasteiger partial charge in [-0.05, 0) is 32.4 Å². The first-order chi connectivity index (χ1) is 7.79. The Balaban J connectivity index is 1.99. The average molecular weight is 219 g/mol. The Morgan fingerprint density at radius 2 is 2.06 bits per heavy atom. The third kappa shape index (κ3) is 2.83. The Morgan fingerprint density at radius 1 is 1.31 bits per heavy atom. The van der Waals surface area contributed by atoms with Crippen molar-refractivity contribution in [1.29, 1.82) is 0 Å². The van der Waals surface area contributed by atoms with Crippen LogP contribution in [0.3, 0.4) is 0 Å². The van der Waals surface area contributed by atoms with E-state index in [1.54, 1.807) is 0 Å². The van der Waals surface area contributed by atoms with E-state index in [2.05, 4.69) is 43.6 Å². The molecule has 2 nitrogen and oxygen atoms in total. The van der Waals surface area contributed by atoms with E-state index in [0.717, 1.165) is 26.1 Å².